The minimum Gasteiger partial charge on any atom is -0.365 e. The van der Waals surface area contributed by atoms with Gasteiger partial charge in [-0.25, -0.2) is 4.98 Å². The van der Waals surface area contributed by atoms with Gasteiger partial charge >= 0.3 is 6.18 Å². The van der Waals surface area contributed by atoms with Crippen molar-refractivity contribution in [1.29, 1.82) is 0 Å². The summed E-state index contributed by atoms with van der Waals surface area (Å²) in [6.45, 7) is 2.59. The molecule has 0 aromatic carbocycles. The highest BCUT2D eigenvalue weighted by Crippen LogP contribution is 2.38. The predicted octanol–water partition coefficient (Wildman–Crippen LogP) is 4.97. The number of aryl methyl sites for hydroxylation is 1. The Labute approximate surface area is 195 Å². The zero-order valence-corrected chi connectivity index (χ0v) is 18.6. The molecule has 1 N–H and O–H groups in total. The Morgan fingerprint density at radius 2 is 1.79 bits per heavy atom. The number of nitrogens with zero attached hydrogens (tertiary/aromatic N) is 4. The minimum atomic E-state index is -4.42. The Morgan fingerprint density at radius 1 is 1.03 bits per heavy atom. The van der Waals surface area contributed by atoms with Crippen LogP contribution in [0.4, 0.5) is 19.0 Å². The van der Waals surface area contributed by atoms with E-state index in [1.807, 2.05) is 24.0 Å². The molecule has 0 radical (unpaired) electrons. The van der Waals surface area contributed by atoms with Crippen molar-refractivity contribution in [2.24, 2.45) is 5.92 Å². The van der Waals surface area contributed by atoms with Crippen molar-refractivity contribution in [2.75, 3.05) is 11.9 Å². The zero-order valence-electron chi connectivity index (χ0n) is 18.6. The number of carbonyl (C=O) groups is 1. The summed E-state index contributed by atoms with van der Waals surface area (Å²) in [4.78, 5) is 28.5. The maximum atomic E-state index is 13.7. The van der Waals surface area contributed by atoms with Crippen LogP contribution in [0.2, 0.25) is 0 Å². The van der Waals surface area contributed by atoms with Gasteiger partial charge in [0.05, 0.1) is 22.9 Å². The highest BCUT2D eigenvalue weighted by atomic mass is 19.4. The Bertz CT molecular complexity index is 1200. The second kappa shape index (κ2) is 8.70. The smallest absolute Gasteiger partial charge is 0.365 e. The van der Waals surface area contributed by atoms with Gasteiger partial charge in [-0.3, -0.25) is 14.8 Å². The molecular weight excluding hydrogens is 443 g/mol. The summed E-state index contributed by atoms with van der Waals surface area (Å²) in [7, 11) is 0. The van der Waals surface area contributed by atoms with E-state index >= 15 is 0 Å². The lowest BCUT2D eigenvalue weighted by molar-refractivity contribution is -0.137. The molecule has 1 amide bonds. The topological polar surface area (TPSA) is 71.0 Å². The fourth-order valence-electron chi connectivity index (χ4n) is 5.07. The number of halogens is 3. The molecule has 3 atom stereocenters. The van der Waals surface area contributed by atoms with Gasteiger partial charge in [-0.2, -0.15) is 13.2 Å². The van der Waals surface area contributed by atoms with Crippen LogP contribution in [0.1, 0.15) is 40.7 Å². The van der Waals surface area contributed by atoms with Crippen molar-refractivity contribution in [2.45, 2.75) is 44.4 Å². The van der Waals surface area contributed by atoms with E-state index in [0.29, 0.717) is 35.2 Å². The molecule has 9 heteroatoms. The Kier molecular flexibility index (Phi) is 5.71. The van der Waals surface area contributed by atoms with E-state index in [1.54, 1.807) is 24.5 Å². The highest BCUT2D eigenvalue weighted by molar-refractivity contribution is 6.00. The number of pyridine rings is 3. The van der Waals surface area contributed by atoms with Crippen molar-refractivity contribution >= 4 is 11.7 Å². The number of nitrogens with one attached hydrogen (secondary N) is 1. The maximum absolute atomic E-state index is 13.7. The summed E-state index contributed by atoms with van der Waals surface area (Å²) < 4.78 is 38.6. The number of piperidine rings is 2. The standard InChI is InChI=1S/C25H24F3N5O/c1-15-4-2-10-29-22(15)23-18(5-3-11-30-23)24(34)33-14-16-6-8-20(33)19(12-16)32-21-9-7-17(13-31-21)25(26,27)28/h2-5,7,9-11,13,16,19-20H,6,8,12,14H2,1H3,(H,31,32). The van der Waals surface area contributed by atoms with Crippen LogP contribution in [0.5, 0.6) is 0 Å². The molecule has 34 heavy (non-hydrogen) atoms. The number of alkyl halides is 3. The van der Waals surface area contributed by atoms with Gasteiger partial charge in [-0.1, -0.05) is 6.07 Å². The number of hydrogen-bond donors (Lipinski definition) is 1. The molecule has 0 spiro atoms. The van der Waals surface area contributed by atoms with Crippen LogP contribution in [-0.4, -0.2) is 44.4 Å². The van der Waals surface area contributed by atoms with Crippen LogP contribution < -0.4 is 5.32 Å². The molecule has 3 unspecified atom stereocenters. The van der Waals surface area contributed by atoms with Crippen molar-refractivity contribution < 1.29 is 18.0 Å². The van der Waals surface area contributed by atoms with Gasteiger partial charge in [0.25, 0.3) is 5.91 Å². The quantitative estimate of drug-likeness (QED) is 0.587. The number of rotatable bonds is 4. The fraction of sp³-hybridized carbons (Fsp3) is 0.360. The number of amides is 1. The monoisotopic (exact) mass is 467 g/mol. The van der Waals surface area contributed by atoms with Crippen molar-refractivity contribution in [3.63, 3.8) is 0 Å². The van der Waals surface area contributed by atoms with E-state index in [0.717, 1.165) is 37.1 Å². The van der Waals surface area contributed by atoms with Crippen molar-refractivity contribution in [1.82, 2.24) is 19.9 Å². The van der Waals surface area contributed by atoms with E-state index in [1.165, 1.54) is 6.07 Å². The summed E-state index contributed by atoms with van der Waals surface area (Å²) in [6.07, 6.45) is 2.44. The number of fused-ring (bicyclic) bond motifs is 3. The van der Waals surface area contributed by atoms with Crippen LogP contribution in [0.3, 0.4) is 0 Å². The third-order valence-corrected chi connectivity index (χ3v) is 6.73. The molecule has 3 aliphatic rings. The molecule has 2 saturated heterocycles. The average molecular weight is 467 g/mol. The van der Waals surface area contributed by atoms with Gasteiger partial charge in [-0.05, 0) is 68.0 Å². The second-order valence-electron chi connectivity index (χ2n) is 8.95. The molecule has 3 aromatic heterocycles. The number of carbonyl (C=O) groups excluding carboxylic acids is 1. The summed E-state index contributed by atoms with van der Waals surface area (Å²) in [6, 6.07) is 9.51. The summed E-state index contributed by atoms with van der Waals surface area (Å²) in [5.41, 5.74) is 1.89. The van der Waals surface area contributed by atoms with Gasteiger partial charge in [0.15, 0.2) is 0 Å². The first-order valence-electron chi connectivity index (χ1n) is 11.3. The summed E-state index contributed by atoms with van der Waals surface area (Å²) >= 11 is 0. The number of aromatic nitrogens is 3. The Morgan fingerprint density at radius 3 is 2.47 bits per heavy atom. The molecule has 1 aliphatic carbocycles. The second-order valence-corrected chi connectivity index (χ2v) is 8.95. The van der Waals surface area contributed by atoms with Gasteiger partial charge in [0, 0.05) is 31.2 Å². The van der Waals surface area contributed by atoms with Crippen molar-refractivity contribution in [3.05, 3.63) is 71.7 Å². The largest absolute Gasteiger partial charge is 0.417 e. The fourth-order valence-corrected chi connectivity index (χ4v) is 5.07. The van der Waals surface area contributed by atoms with Gasteiger partial charge < -0.3 is 10.2 Å². The first kappa shape index (κ1) is 22.3. The highest BCUT2D eigenvalue weighted by Gasteiger charge is 2.43. The van der Waals surface area contributed by atoms with Gasteiger partial charge in [-0.15, -0.1) is 0 Å². The van der Waals surface area contributed by atoms with E-state index in [4.69, 9.17) is 0 Å². The van der Waals surface area contributed by atoms with Crippen LogP contribution >= 0.6 is 0 Å². The zero-order chi connectivity index (χ0) is 23.9. The lowest BCUT2D eigenvalue weighted by Gasteiger charge is -2.50. The first-order valence-corrected chi connectivity index (χ1v) is 11.3. The number of anilines is 1. The van der Waals surface area contributed by atoms with E-state index in [9.17, 15) is 18.0 Å². The Balaban J connectivity index is 1.40. The van der Waals surface area contributed by atoms with Crippen LogP contribution in [0, 0.1) is 12.8 Å². The summed E-state index contributed by atoms with van der Waals surface area (Å²) in [5, 5.41) is 3.28. The molecule has 3 fully saturated rings. The number of hydrogen-bond acceptors (Lipinski definition) is 5. The molecule has 3 aromatic rings. The van der Waals surface area contributed by atoms with E-state index in [2.05, 4.69) is 20.3 Å². The minimum absolute atomic E-state index is 0.0838. The maximum Gasteiger partial charge on any atom is 0.417 e. The normalized spacial score (nSPS) is 22.0. The molecule has 176 valence electrons. The first-order chi connectivity index (χ1) is 16.3. The summed E-state index contributed by atoms with van der Waals surface area (Å²) in [5.74, 6) is 0.594. The molecule has 2 bridgehead atoms. The SMILES string of the molecule is Cc1cccnc1-c1ncccc1C(=O)N1CC2CCC1C(Nc1ccc(C(F)(F)F)cn1)C2. The van der Waals surface area contributed by atoms with Crippen LogP contribution in [-0.2, 0) is 6.18 Å². The molecular formula is C25H24F3N5O. The molecule has 6 nitrogen and oxygen atoms in total. The third-order valence-electron chi connectivity index (χ3n) is 6.73. The lowest BCUT2D eigenvalue weighted by atomic mass is 9.76. The molecule has 2 aliphatic heterocycles. The average Bonchev–Trinajstić information content (AvgIpc) is 2.84. The predicted molar refractivity (Wildman–Crippen MR) is 121 cm³/mol. The van der Waals surface area contributed by atoms with Gasteiger partial charge in [0.2, 0.25) is 0 Å². The lowest BCUT2D eigenvalue weighted by Crippen LogP contribution is -2.59. The van der Waals surface area contributed by atoms with E-state index in [-0.39, 0.29) is 18.0 Å². The van der Waals surface area contributed by atoms with Crippen LogP contribution in [0.25, 0.3) is 11.4 Å². The van der Waals surface area contributed by atoms with Crippen molar-refractivity contribution in [3.8, 4) is 11.4 Å². The third kappa shape index (κ3) is 4.22. The molecule has 1 saturated carbocycles. The van der Waals surface area contributed by atoms with Gasteiger partial charge in [0.1, 0.15) is 11.5 Å². The molecule has 5 heterocycles. The van der Waals surface area contributed by atoms with E-state index < -0.39 is 11.7 Å². The molecule has 6 rings (SSSR count). The van der Waals surface area contributed by atoms with Crippen LogP contribution in [0.15, 0.2) is 55.0 Å². The Hall–Kier alpha value is -3.49.